The van der Waals surface area contributed by atoms with E-state index in [9.17, 15) is 0 Å². The van der Waals surface area contributed by atoms with Crippen LogP contribution in [0.15, 0.2) is 0 Å². The lowest BCUT2D eigenvalue weighted by Crippen LogP contribution is -2.02. The van der Waals surface area contributed by atoms with Gasteiger partial charge in [-0.25, -0.2) is 0 Å². The van der Waals surface area contributed by atoms with Crippen LogP contribution in [0.25, 0.3) is 0 Å². The fourth-order valence-corrected chi connectivity index (χ4v) is 1.27. The maximum atomic E-state index is 8.36. The van der Waals surface area contributed by atoms with E-state index in [1.54, 1.807) is 0 Å². The van der Waals surface area contributed by atoms with E-state index in [1.807, 2.05) is 0 Å². The van der Waals surface area contributed by atoms with Crippen LogP contribution in [-0.2, 0) is 4.79 Å². The van der Waals surface area contributed by atoms with Crippen LogP contribution < -0.4 is 0 Å². The summed E-state index contributed by atoms with van der Waals surface area (Å²) in [4.78, 5) is 8.36. The van der Waals surface area contributed by atoms with Crippen LogP contribution in [0.2, 0.25) is 0 Å². The number of hydrogen-bond donors (Lipinski definition) is 1. The number of terminal acetylenes is 1. The molecule has 0 atom stereocenters. The summed E-state index contributed by atoms with van der Waals surface area (Å²) in [5, 5.41) is 6.89. The van der Waals surface area contributed by atoms with Gasteiger partial charge in [0.1, 0.15) is 0 Å². The first-order valence-electron chi connectivity index (χ1n) is 3.89. The van der Waals surface area contributed by atoms with Gasteiger partial charge in [0.2, 0.25) is 0 Å². The topological polar surface area (TPSA) is 37.3 Å². The van der Waals surface area contributed by atoms with Gasteiger partial charge in [0.25, 0.3) is 6.47 Å². The van der Waals surface area contributed by atoms with Crippen LogP contribution in [0.1, 0.15) is 32.1 Å². The van der Waals surface area contributed by atoms with Crippen LogP contribution >= 0.6 is 0 Å². The molecule has 0 saturated heterocycles. The normalized spacial score (nSPS) is 17.4. The van der Waals surface area contributed by atoms with Crippen LogP contribution in [0.5, 0.6) is 0 Å². The largest absolute Gasteiger partial charge is 0.483 e. The summed E-state index contributed by atoms with van der Waals surface area (Å²) in [7, 11) is 0. The Balaban J connectivity index is 0.000000292. The molecule has 1 fully saturated rings. The van der Waals surface area contributed by atoms with Crippen molar-refractivity contribution >= 4 is 6.47 Å². The molecule has 0 heterocycles. The highest BCUT2D eigenvalue weighted by Gasteiger charge is 2.08. The van der Waals surface area contributed by atoms with Crippen LogP contribution in [0.4, 0.5) is 0 Å². The third kappa shape index (κ3) is 5.47. The van der Waals surface area contributed by atoms with Gasteiger partial charge in [0, 0.05) is 5.92 Å². The summed E-state index contributed by atoms with van der Waals surface area (Å²) >= 11 is 0. The van der Waals surface area contributed by atoms with Gasteiger partial charge in [-0.2, -0.15) is 0 Å². The highest BCUT2D eigenvalue weighted by molar-refractivity contribution is 5.32. The van der Waals surface area contributed by atoms with Crippen molar-refractivity contribution in [3.63, 3.8) is 0 Å². The Morgan fingerprint density at radius 3 is 2.09 bits per heavy atom. The Labute approximate surface area is 67.6 Å². The molecule has 1 saturated carbocycles. The first-order valence-corrected chi connectivity index (χ1v) is 3.89. The molecule has 2 heteroatoms. The third-order valence-corrected chi connectivity index (χ3v) is 1.84. The highest BCUT2D eigenvalue weighted by Crippen LogP contribution is 2.22. The lowest BCUT2D eigenvalue weighted by atomic mass is 9.90. The predicted molar refractivity (Wildman–Crippen MR) is 44.1 cm³/mol. The Kier molecular flexibility index (Phi) is 6.51. The minimum Gasteiger partial charge on any atom is -0.483 e. The van der Waals surface area contributed by atoms with E-state index in [1.165, 1.54) is 32.1 Å². The molecule has 0 aromatic heterocycles. The van der Waals surface area contributed by atoms with Gasteiger partial charge in [-0.1, -0.05) is 19.3 Å². The molecule has 0 aromatic carbocycles. The molecular weight excluding hydrogens is 140 g/mol. The molecule has 0 spiro atoms. The minimum atomic E-state index is -0.250. The standard InChI is InChI=1S/C8H12.CH2O2/c1-2-8-6-4-3-5-7-8;2-1-3/h1,8H,3-7H2;1H,(H,2,3). The third-order valence-electron chi connectivity index (χ3n) is 1.84. The monoisotopic (exact) mass is 154 g/mol. The molecule has 62 valence electrons. The number of carbonyl (C=O) groups is 1. The maximum Gasteiger partial charge on any atom is 0.290 e. The quantitative estimate of drug-likeness (QED) is 0.427. The van der Waals surface area contributed by atoms with E-state index in [0.29, 0.717) is 5.92 Å². The molecule has 1 N–H and O–H groups in total. The molecule has 0 radical (unpaired) electrons. The zero-order valence-electron chi connectivity index (χ0n) is 6.62. The van der Waals surface area contributed by atoms with Crippen molar-refractivity contribution in [3.05, 3.63) is 0 Å². The smallest absolute Gasteiger partial charge is 0.290 e. The van der Waals surface area contributed by atoms with Gasteiger partial charge in [-0.3, -0.25) is 4.79 Å². The van der Waals surface area contributed by atoms with Crippen molar-refractivity contribution < 1.29 is 9.90 Å². The SMILES string of the molecule is C#CC1CCCCC1.O=CO. The van der Waals surface area contributed by atoms with E-state index in [0.717, 1.165) is 0 Å². The van der Waals surface area contributed by atoms with Crippen molar-refractivity contribution in [2.75, 3.05) is 0 Å². The van der Waals surface area contributed by atoms with Crippen molar-refractivity contribution in [3.8, 4) is 12.3 Å². The van der Waals surface area contributed by atoms with Crippen LogP contribution in [0.3, 0.4) is 0 Å². The number of hydrogen-bond acceptors (Lipinski definition) is 1. The van der Waals surface area contributed by atoms with Gasteiger partial charge in [0.15, 0.2) is 0 Å². The summed E-state index contributed by atoms with van der Waals surface area (Å²) in [5.74, 6) is 3.42. The molecule has 0 amide bonds. The molecule has 0 aliphatic heterocycles. The van der Waals surface area contributed by atoms with Crippen LogP contribution in [-0.4, -0.2) is 11.6 Å². The second-order valence-electron chi connectivity index (χ2n) is 2.61. The molecule has 0 unspecified atom stereocenters. The van der Waals surface area contributed by atoms with Crippen LogP contribution in [0, 0.1) is 18.3 Å². The first-order chi connectivity index (χ1) is 5.35. The molecule has 1 aliphatic rings. The van der Waals surface area contributed by atoms with Gasteiger partial charge in [-0.05, 0) is 12.8 Å². The summed E-state index contributed by atoms with van der Waals surface area (Å²) in [6.07, 6.45) is 11.9. The van der Waals surface area contributed by atoms with E-state index in [4.69, 9.17) is 16.3 Å². The number of rotatable bonds is 0. The summed E-state index contributed by atoms with van der Waals surface area (Å²) in [5.41, 5.74) is 0. The maximum absolute atomic E-state index is 8.36. The lowest BCUT2D eigenvalue weighted by Gasteiger charge is -2.14. The van der Waals surface area contributed by atoms with Gasteiger partial charge >= 0.3 is 0 Å². The Morgan fingerprint density at radius 2 is 1.82 bits per heavy atom. The van der Waals surface area contributed by atoms with Crippen molar-refractivity contribution in [1.29, 1.82) is 0 Å². The molecule has 1 rings (SSSR count). The molecule has 11 heavy (non-hydrogen) atoms. The van der Waals surface area contributed by atoms with Crippen molar-refractivity contribution in [2.45, 2.75) is 32.1 Å². The molecule has 2 nitrogen and oxygen atoms in total. The first kappa shape index (κ1) is 10.0. The minimum absolute atomic E-state index is 0.250. The lowest BCUT2D eigenvalue weighted by molar-refractivity contribution is -0.122. The zero-order valence-corrected chi connectivity index (χ0v) is 6.62. The summed E-state index contributed by atoms with van der Waals surface area (Å²) in [6.45, 7) is -0.250. The van der Waals surface area contributed by atoms with E-state index >= 15 is 0 Å². The molecule has 0 bridgehead atoms. The molecular formula is C9H14O2. The van der Waals surface area contributed by atoms with Crippen molar-refractivity contribution in [1.82, 2.24) is 0 Å². The number of carboxylic acid groups (broad SMARTS) is 1. The molecule has 1 aliphatic carbocycles. The Bertz CT molecular complexity index is 129. The van der Waals surface area contributed by atoms with E-state index in [2.05, 4.69) is 5.92 Å². The van der Waals surface area contributed by atoms with Crippen molar-refractivity contribution in [2.24, 2.45) is 5.92 Å². The van der Waals surface area contributed by atoms with Gasteiger partial charge in [0.05, 0.1) is 0 Å². The average Bonchev–Trinajstić information content (AvgIpc) is 2.08. The fraction of sp³-hybridized carbons (Fsp3) is 0.667. The zero-order chi connectivity index (χ0) is 8.53. The Hall–Kier alpha value is -0.970. The van der Waals surface area contributed by atoms with E-state index in [-0.39, 0.29) is 6.47 Å². The Morgan fingerprint density at radius 1 is 1.36 bits per heavy atom. The predicted octanol–water partition coefficient (Wildman–Crippen LogP) is 1.90. The average molecular weight is 154 g/mol. The second-order valence-corrected chi connectivity index (χ2v) is 2.61. The fourth-order valence-electron chi connectivity index (χ4n) is 1.27. The summed E-state index contributed by atoms with van der Waals surface area (Å²) in [6, 6.07) is 0. The second kappa shape index (κ2) is 7.14. The van der Waals surface area contributed by atoms with E-state index < -0.39 is 0 Å². The van der Waals surface area contributed by atoms with Gasteiger partial charge < -0.3 is 5.11 Å². The van der Waals surface area contributed by atoms with Gasteiger partial charge in [-0.15, -0.1) is 12.3 Å². The highest BCUT2D eigenvalue weighted by atomic mass is 16.3. The molecule has 0 aromatic rings. The summed E-state index contributed by atoms with van der Waals surface area (Å²) < 4.78 is 0.